The summed E-state index contributed by atoms with van der Waals surface area (Å²) in [5.74, 6) is -0.0632. The molecule has 0 spiro atoms. The van der Waals surface area contributed by atoms with Crippen molar-refractivity contribution in [3.05, 3.63) is 107 Å². The Kier molecular flexibility index (Phi) is 8.49. The Morgan fingerprint density at radius 2 is 1.54 bits per heavy atom. The SMILES string of the molecule is C/C=C/CCc1c(F)cc(-c2ccc(C3CCC(CC(C)c4ccccc4)CC3)cc2F)cc1F. The predicted octanol–water partition coefficient (Wildman–Crippen LogP) is 9.75. The molecule has 0 aliphatic heterocycles. The Hall–Kier alpha value is -2.81. The van der Waals surface area contributed by atoms with E-state index in [1.54, 1.807) is 12.1 Å². The van der Waals surface area contributed by atoms with E-state index in [2.05, 4.69) is 37.3 Å². The summed E-state index contributed by atoms with van der Waals surface area (Å²) in [6.07, 6.45) is 10.2. The molecule has 0 nitrogen and oxygen atoms in total. The Bertz CT molecular complexity index is 1120. The van der Waals surface area contributed by atoms with Crippen LogP contribution >= 0.6 is 0 Å². The fourth-order valence-electron chi connectivity index (χ4n) is 5.56. The van der Waals surface area contributed by atoms with Gasteiger partial charge in [-0.1, -0.05) is 61.5 Å². The molecule has 0 bridgehead atoms. The molecule has 1 aliphatic carbocycles. The maximum Gasteiger partial charge on any atom is 0.131 e. The monoisotopic (exact) mass is 476 g/mol. The summed E-state index contributed by atoms with van der Waals surface area (Å²) >= 11 is 0. The van der Waals surface area contributed by atoms with E-state index in [-0.39, 0.29) is 23.1 Å². The topological polar surface area (TPSA) is 0 Å². The minimum atomic E-state index is -0.615. The number of hydrogen-bond acceptors (Lipinski definition) is 0. The number of allylic oxidation sites excluding steroid dienone is 2. The highest BCUT2D eigenvalue weighted by atomic mass is 19.1. The van der Waals surface area contributed by atoms with Crippen LogP contribution in [0.4, 0.5) is 13.2 Å². The summed E-state index contributed by atoms with van der Waals surface area (Å²) in [5.41, 5.74) is 2.94. The minimum absolute atomic E-state index is 0.0576. The Morgan fingerprint density at radius 1 is 0.857 bits per heavy atom. The smallest absolute Gasteiger partial charge is 0.131 e. The highest BCUT2D eigenvalue weighted by Gasteiger charge is 2.25. The van der Waals surface area contributed by atoms with E-state index >= 15 is 4.39 Å². The molecule has 1 unspecified atom stereocenters. The molecule has 0 radical (unpaired) electrons. The van der Waals surface area contributed by atoms with Gasteiger partial charge in [-0.25, -0.2) is 13.2 Å². The molecule has 1 atom stereocenters. The van der Waals surface area contributed by atoms with Crippen molar-refractivity contribution in [3.8, 4) is 11.1 Å². The van der Waals surface area contributed by atoms with Crippen LogP contribution in [0, 0.1) is 23.4 Å². The molecular formula is C32H35F3. The Balaban J connectivity index is 1.40. The zero-order valence-electron chi connectivity index (χ0n) is 20.7. The van der Waals surface area contributed by atoms with Crippen molar-refractivity contribution in [3.63, 3.8) is 0 Å². The van der Waals surface area contributed by atoms with Gasteiger partial charge in [-0.05, 0) is 105 Å². The van der Waals surface area contributed by atoms with Crippen LogP contribution in [-0.2, 0) is 6.42 Å². The first-order valence-corrected chi connectivity index (χ1v) is 12.9. The van der Waals surface area contributed by atoms with Gasteiger partial charge in [0.1, 0.15) is 17.5 Å². The molecule has 0 heterocycles. The van der Waals surface area contributed by atoms with E-state index in [9.17, 15) is 8.78 Å². The molecule has 3 aromatic rings. The van der Waals surface area contributed by atoms with E-state index in [0.717, 1.165) is 31.2 Å². The third kappa shape index (κ3) is 6.25. The van der Waals surface area contributed by atoms with Crippen molar-refractivity contribution in [1.29, 1.82) is 0 Å². The third-order valence-corrected chi connectivity index (χ3v) is 7.62. The van der Waals surface area contributed by atoms with Gasteiger partial charge in [-0.15, -0.1) is 0 Å². The lowest BCUT2D eigenvalue weighted by atomic mass is 9.75. The van der Waals surface area contributed by atoms with E-state index in [4.69, 9.17) is 0 Å². The van der Waals surface area contributed by atoms with Crippen molar-refractivity contribution in [2.75, 3.05) is 0 Å². The standard InChI is InChI=1S/C32H35F3/c1-3-4-6-11-29-31(34)20-27(21-32(29)35)28-17-16-26(19-30(28)33)25-14-12-23(13-15-25)18-22(2)24-9-7-5-8-10-24/h3-5,7-10,16-17,19-23,25H,6,11-15,18H2,1-2H3/b4-3+. The molecule has 0 amide bonds. The van der Waals surface area contributed by atoms with Crippen molar-refractivity contribution < 1.29 is 13.2 Å². The molecule has 184 valence electrons. The molecule has 3 aromatic carbocycles. The molecule has 3 heteroatoms. The summed E-state index contributed by atoms with van der Waals surface area (Å²) < 4.78 is 44.2. The normalized spacial score (nSPS) is 19.2. The second kappa shape index (κ2) is 11.7. The van der Waals surface area contributed by atoms with Gasteiger partial charge in [-0.3, -0.25) is 0 Å². The third-order valence-electron chi connectivity index (χ3n) is 7.62. The number of benzene rings is 3. The van der Waals surface area contributed by atoms with Gasteiger partial charge in [0.2, 0.25) is 0 Å². The molecule has 0 N–H and O–H groups in total. The van der Waals surface area contributed by atoms with Gasteiger partial charge in [0.25, 0.3) is 0 Å². The lowest BCUT2D eigenvalue weighted by Crippen LogP contribution is -2.15. The van der Waals surface area contributed by atoms with E-state index in [1.807, 2.05) is 25.1 Å². The fraction of sp³-hybridized carbons (Fsp3) is 0.375. The maximum atomic E-state index is 15.1. The van der Waals surface area contributed by atoms with Crippen LogP contribution < -0.4 is 0 Å². The first kappa shape index (κ1) is 25.3. The molecular weight excluding hydrogens is 441 g/mol. The minimum Gasteiger partial charge on any atom is -0.207 e. The van der Waals surface area contributed by atoms with Crippen molar-refractivity contribution in [2.45, 2.75) is 70.6 Å². The molecule has 0 saturated heterocycles. The van der Waals surface area contributed by atoms with Crippen molar-refractivity contribution in [1.82, 2.24) is 0 Å². The summed E-state index contributed by atoms with van der Waals surface area (Å²) in [5, 5.41) is 0. The van der Waals surface area contributed by atoms with Crippen LogP contribution in [0.15, 0.2) is 72.8 Å². The Labute approximate surface area is 207 Å². The summed E-state index contributed by atoms with van der Waals surface area (Å²) in [6, 6.07) is 18.4. The zero-order valence-corrected chi connectivity index (χ0v) is 20.7. The van der Waals surface area contributed by atoms with Gasteiger partial charge >= 0.3 is 0 Å². The lowest BCUT2D eigenvalue weighted by Gasteiger charge is -2.30. The number of hydrogen-bond donors (Lipinski definition) is 0. The predicted molar refractivity (Wildman–Crippen MR) is 139 cm³/mol. The van der Waals surface area contributed by atoms with Crippen LogP contribution in [0.3, 0.4) is 0 Å². The van der Waals surface area contributed by atoms with Crippen LogP contribution in [0.1, 0.15) is 80.9 Å². The van der Waals surface area contributed by atoms with E-state index in [1.165, 1.54) is 24.1 Å². The van der Waals surface area contributed by atoms with E-state index < -0.39 is 17.5 Å². The van der Waals surface area contributed by atoms with E-state index in [0.29, 0.717) is 24.2 Å². The average molecular weight is 477 g/mol. The second-order valence-corrected chi connectivity index (χ2v) is 10.0. The van der Waals surface area contributed by atoms with Gasteiger partial charge in [0.15, 0.2) is 0 Å². The fourth-order valence-corrected chi connectivity index (χ4v) is 5.56. The largest absolute Gasteiger partial charge is 0.207 e. The number of halogens is 3. The lowest BCUT2D eigenvalue weighted by molar-refractivity contribution is 0.297. The van der Waals surface area contributed by atoms with Crippen LogP contribution in [-0.4, -0.2) is 0 Å². The molecule has 1 aliphatic rings. The summed E-state index contributed by atoms with van der Waals surface area (Å²) in [4.78, 5) is 0. The van der Waals surface area contributed by atoms with Crippen LogP contribution in [0.5, 0.6) is 0 Å². The molecule has 4 rings (SSSR count). The van der Waals surface area contributed by atoms with Crippen LogP contribution in [0.2, 0.25) is 0 Å². The van der Waals surface area contributed by atoms with Gasteiger partial charge < -0.3 is 0 Å². The van der Waals surface area contributed by atoms with Gasteiger partial charge in [-0.2, -0.15) is 0 Å². The second-order valence-electron chi connectivity index (χ2n) is 10.0. The number of rotatable bonds is 8. The van der Waals surface area contributed by atoms with Crippen molar-refractivity contribution >= 4 is 0 Å². The van der Waals surface area contributed by atoms with Crippen LogP contribution in [0.25, 0.3) is 11.1 Å². The maximum absolute atomic E-state index is 15.1. The zero-order chi connectivity index (χ0) is 24.8. The molecule has 35 heavy (non-hydrogen) atoms. The first-order chi connectivity index (χ1) is 17.0. The Morgan fingerprint density at radius 3 is 2.17 bits per heavy atom. The van der Waals surface area contributed by atoms with Crippen molar-refractivity contribution in [2.24, 2.45) is 5.92 Å². The quantitative estimate of drug-likeness (QED) is 0.284. The molecule has 1 saturated carbocycles. The highest BCUT2D eigenvalue weighted by Crippen LogP contribution is 2.40. The first-order valence-electron chi connectivity index (χ1n) is 12.9. The summed E-state index contributed by atoms with van der Waals surface area (Å²) in [6.45, 7) is 4.18. The molecule has 1 fully saturated rings. The highest BCUT2D eigenvalue weighted by molar-refractivity contribution is 5.65. The molecule has 0 aromatic heterocycles. The summed E-state index contributed by atoms with van der Waals surface area (Å²) in [7, 11) is 0. The van der Waals surface area contributed by atoms with Gasteiger partial charge in [0.05, 0.1) is 0 Å². The van der Waals surface area contributed by atoms with Gasteiger partial charge in [0, 0.05) is 11.1 Å². The average Bonchev–Trinajstić information content (AvgIpc) is 2.86.